The van der Waals surface area contributed by atoms with Crippen molar-refractivity contribution in [2.24, 2.45) is 0 Å². The zero-order chi connectivity index (χ0) is 49.2. The van der Waals surface area contributed by atoms with Gasteiger partial charge in [0.2, 0.25) is 0 Å². The molecule has 388 valence electrons. The normalized spacial score (nSPS) is 13.9. The molecule has 0 radical (unpaired) electrons. The van der Waals surface area contributed by atoms with Crippen molar-refractivity contribution in [3.8, 4) is 0 Å². The number of quaternary nitrogens is 1. The van der Waals surface area contributed by atoms with E-state index in [-0.39, 0.29) is 32.0 Å². The third-order valence-electron chi connectivity index (χ3n) is 11.5. The second-order valence-corrected chi connectivity index (χ2v) is 20.7. The molecule has 0 bridgehead atoms. The van der Waals surface area contributed by atoms with Gasteiger partial charge in [0.25, 0.3) is 0 Å². The molecular weight excluding hydrogens is 858 g/mol. The number of likely N-dealkylation sites (N-methyl/N-ethyl adjacent to an activating group) is 1. The molecular formula is C57H103NO8P+. The van der Waals surface area contributed by atoms with Crippen molar-refractivity contribution in [3.05, 3.63) is 72.9 Å². The Morgan fingerprint density at radius 2 is 0.851 bits per heavy atom. The predicted octanol–water partition coefficient (Wildman–Crippen LogP) is 16.5. The Morgan fingerprint density at radius 1 is 0.478 bits per heavy atom. The Hall–Kier alpha value is -2.55. The van der Waals surface area contributed by atoms with Gasteiger partial charge in [-0.05, 0) is 64.2 Å². The van der Waals surface area contributed by atoms with Crippen molar-refractivity contribution in [1.29, 1.82) is 0 Å². The van der Waals surface area contributed by atoms with Crippen LogP contribution in [0.15, 0.2) is 72.9 Å². The minimum Gasteiger partial charge on any atom is -0.462 e. The molecule has 9 nitrogen and oxygen atoms in total. The number of allylic oxidation sites excluding steroid dienone is 12. The first-order valence-electron chi connectivity index (χ1n) is 27.2. The highest BCUT2D eigenvalue weighted by atomic mass is 31.2. The third-order valence-corrected chi connectivity index (χ3v) is 12.5. The Kier molecular flexibility index (Phi) is 46.6. The first-order chi connectivity index (χ1) is 32.5. The fourth-order valence-electron chi connectivity index (χ4n) is 7.31. The molecule has 0 aromatic carbocycles. The van der Waals surface area contributed by atoms with Crippen molar-refractivity contribution in [2.75, 3.05) is 47.5 Å². The van der Waals surface area contributed by atoms with Gasteiger partial charge in [-0.25, -0.2) is 4.57 Å². The monoisotopic (exact) mass is 961 g/mol. The number of carbonyl (C=O) groups is 2. The standard InChI is InChI=1S/C57H102NO8P/c1-6-8-10-12-14-16-18-20-21-22-23-24-25-26-27-28-29-30-31-32-33-34-35-36-37-38-40-42-44-46-48-50-57(60)66-55(54-65-67(61,62)64-52-51-58(3,4)5)53-63-56(59)49-47-45-43-41-39-19-17-15-13-11-9-7-2/h8,10,14,16,20-21,23-24,26-27,29-30,55H,6-7,9,11-13,15,17-19,22,25,28,31-54H2,1-5H3/p+1/b10-8-,16-14-,21-20-,24-23-,27-26-,30-29-. The average Bonchev–Trinajstić information content (AvgIpc) is 3.29. The van der Waals surface area contributed by atoms with E-state index >= 15 is 0 Å². The van der Waals surface area contributed by atoms with E-state index in [0.29, 0.717) is 17.4 Å². The van der Waals surface area contributed by atoms with E-state index in [0.717, 1.165) is 77.0 Å². The van der Waals surface area contributed by atoms with Crippen LogP contribution >= 0.6 is 7.82 Å². The summed E-state index contributed by atoms with van der Waals surface area (Å²) < 4.78 is 34.4. The summed E-state index contributed by atoms with van der Waals surface area (Å²) in [4.78, 5) is 35.5. The van der Waals surface area contributed by atoms with E-state index in [9.17, 15) is 19.0 Å². The number of unbranched alkanes of at least 4 members (excludes halogenated alkanes) is 23. The molecule has 0 fully saturated rings. The molecule has 0 saturated heterocycles. The highest BCUT2D eigenvalue weighted by molar-refractivity contribution is 7.47. The second-order valence-electron chi connectivity index (χ2n) is 19.2. The van der Waals surface area contributed by atoms with Crippen LogP contribution in [-0.2, 0) is 32.7 Å². The van der Waals surface area contributed by atoms with Crippen molar-refractivity contribution < 1.29 is 42.1 Å². The van der Waals surface area contributed by atoms with Gasteiger partial charge in [-0.15, -0.1) is 0 Å². The predicted molar refractivity (Wildman–Crippen MR) is 284 cm³/mol. The summed E-state index contributed by atoms with van der Waals surface area (Å²) in [5, 5.41) is 0. The number of hydrogen-bond donors (Lipinski definition) is 1. The zero-order valence-electron chi connectivity index (χ0n) is 43.9. The Morgan fingerprint density at radius 3 is 1.27 bits per heavy atom. The van der Waals surface area contributed by atoms with Crippen LogP contribution in [0, 0.1) is 0 Å². The van der Waals surface area contributed by atoms with Crippen molar-refractivity contribution >= 4 is 19.8 Å². The minimum absolute atomic E-state index is 0.0304. The lowest BCUT2D eigenvalue weighted by atomic mass is 10.0. The lowest BCUT2D eigenvalue weighted by molar-refractivity contribution is -0.870. The maximum absolute atomic E-state index is 12.8. The van der Waals surface area contributed by atoms with Crippen LogP contribution in [0.2, 0.25) is 0 Å². The molecule has 0 saturated carbocycles. The van der Waals surface area contributed by atoms with E-state index in [1.807, 2.05) is 21.1 Å². The van der Waals surface area contributed by atoms with Crippen molar-refractivity contribution in [2.45, 2.75) is 232 Å². The average molecular weight is 961 g/mol. The lowest BCUT2D eigenvalue weighted by Gasteiger charge is -2.24. The maximum atomic E-state index is 12.8. The number of hydrogen-bond acceptors (Lipinski definition) is 7. The number of phosphoric ester groups is 1. The van der Waals surface area contributed by atoms with E-state index in [1.165, 1.54) is 116 Å². The Bertz CT molecular complexity index is 1360. The molecule has 0 aromatic heterocycles. The largest absolute Gasteiger partial charge is 0.472 e. The summed E-state index contributed by atoms with van der Waals surface area (Å²) in [7, 11) is 1.48. The smallest absolute Gasteiger partial charge is 0.462 e. The van der Waals surface area contributed by atoms with Gasteiger partial charge in [0.15, 0.2) is 6.10 Å². The van der Waals surface area contributed by atoms with E-state index in [2.05, 4.69) is 86.8 Å². The van der Waals surface area contributed by atoms with Crippen LogP contribution in [0.3, 0.4) is 0 Å². The van der Waals surface area contributed by atoms with E-state index in [1.54, 1.807) is 0 Å². The van der Waals surface area contributed by atoms with Crippen LogP contribution in [0.5, 0.6) is 0 Å². The fraction of sp³-hybridized carbons (Fsp3) is 0.754. The summed E-state index contributed by atoms with van der Waals surface area (Å²) in [6, 6.07) is 0. The quantitative estimate of drug-likeness (QED) is 0.0211. The van der Waals surface area contributed by atoms with Gasteiger partial charge < -0.3 is 18.9 Å². The third kappa shape index (κ3) is 52.7. The molecule has 0 spiro atoms. The van der Waals surface area contributed by atoms with Crippen LogP contribution in [0.25, 0.3) is 0 Å². The molecule has 0 aliphatic heterocycles. The number of phosphoric acid groups is 1. The Labute approximate surface area is 412 Å². The van der Waals surface area contributed by atoms with Crippen LogP contribution in [-0.4, -0.2) is 74.9 Å². The SMILES string of the molecule is CC/C=C\C/C=C\C/C=C\C/C=C\C/C=C\C/C=C\CCCCCCCCCCCCCCC(=O)OC(COC(=O)CCCCCCCCCCCCCC)COP(=O)(O)OCC[N+](C)(C)C. The highest BCUT2D eigenvalue weighted by Gasteiger charge is 2.27. The summed E-state index contributed by atoms with van der Waals surface area (Å²) >= 11 is 0. The summed E-state index contributed by atoms with van der Waals surface area (Å²) in [5.41, 5.74) is 0. The number of nitrogens with zero attached hydrogens (tertiary/aromatic N) is 1. The Balaban J connectivity index is 4.11. The van der Waals surface area contributed by atoms with Gasteiger partial charge in [-0.3, -0.25) is 18.6 Å². The van der Waals surface area contributed by atoms with E-state index < -0.39 is 26.5 Å². The van der Waals surface area contributed by atoms with Gasteiger partial charge in [0.05, 0.1) is 27.7 Å². The molecule has 0 aliphatic rings. The van der Waals surface area contributed by atoms with Gasteiger partial charge in [0.1, 0.15) is 19.8 Å². The topological polar surface area (TPSA) is 108 Å². The van der Waals surface area contributed by atoms with Gasteiger partial charge in [-0.2, -0.15) is 0 Å². The minimum atomic E-state index is -4.38. The number of esters is 2. The highest BCUT2D eigenvalue weighted by Crippen LogP contribution is 2.43. The van der Waals surface area contributed by atoms with E-state index in [4.69, 9.17) is 18.5 Å². The molecule has 1 N–H and O–H groups in total. The molecule has 0 aliphatic carbocycles. The first-order valence-corrected chi connectivity index (χ1v) is 28.7. The molecule has 0 amide bonds. The van der Waals surface area contributed by atoms with Crippen LogP contribution < -0.4 is 0 Å². The summed E-state index contributed by atoms with van der Waals surface area (Å²) in [6.45, 7) is 4.32. The number of ether oxygens (including phenoxy) is 2. The second kappa shape index (κ2) is 48.5. The summed E-state index contributed by atoms with van der Waals surface area (Å²) in [5.74, 6) is -0.797. The lowest BCUT2D eigenvalue weighted by Crippen LogP contribution is -2.37. The summed E-state index contributed by atoms with van der Waals surface area (Å²) in [6.07, 6.45) is 62.5. The molecule has 10 heteroatoms. The molecule has 0 aromatic rings. The zero-order valence-corrected chi connectivity index (χ0v) is 44.8. The molecule has 0 heterocycles. The number of carbonyl (C=O) groups excluding carboxylic acids is 2. The first kappa shape index (κ1) is 64.5. The number of rotatable bonds is 49. The molecule has 67 heavy (non-hydrogen) atoms. The molecule has 0 rings (SSSR count). The maximum Gasteiger partial charge on any atom is 0.472 e. The van der Waals surface area contributed by atoms with Crippen LogP contribution in [0.4, 0.5) is 0 Å². The van der Waals surface area contributed by atoms with Gasteiger partial charge in [0, 0.05) is 12.8 Å². The van der Waals surface area contributed by atoms with Crippen molar-refractivity contribution in [1.82, 2.24) is 0 Å². The van der Waals surface area contributed by atoms with Gasteiger partial charge in [-0.1, -0.05) is 222 Å². The molecule has 2 atom stereocenters. The van der Waals surface area contributed by atoms with Crippen LogP contribution in [0.1, 0.15) is 226 Å². The molecule has 2 unspecified atom stereocenters. The van der Waals surface area contributed by atoms with Gasteiger partial charge >= 0.3 is 19.8 Å². The fourth-order valence-corrected chi connectivity index (χ4v) is 8.05. The van der Waals surface area contributed by atoms with Crippen molar-refractivity contribution in [3.63, 3.8) is 0 Å².